The van der Waals surface area contributed by atoms with Gasteiger partial charge in [-0.15, -0.1) is 0 Å². The average molecular weight is 168 g/mol. The quantitative estimate of drug-likeness (QED) is 0.618. The van der Waals surface area contributed by atoms with Crippen LogP contribution in [-0.4, -0.2) is 21.9 Å². The maximum Gasteiger partial charge on any atom is 0.356 e. The number of aromatic nitrogens is 2. The van der Waals surface area contributed by atoms with Crippen molar-refractivity contribution in [1.29, 1.82) is 0 Å². The van der Waals surface area contributed by atoms with E-state index in [4.69, 9.17) is 4.74 Å². The molecule has 1 heterocycles. The maximum absolute atomic E-state index is 11.3. The van der Waals surface area contributed by atoms with Gasteiger partial charge >= 0.3 is 5.97 Å². The Morgan fingerprint density at radius 2 is 2.33 bits per heavy atom. The lowest BCUT2D eigenvalue weighted by Crippen LogP contribution is -2.15. The number of nitrogens with zero attached hydrogens (tertiary/aromatic N) is 2. The van der Waals surface area contributed by atoms with E-state index in [1.165, 1.54) is 4.68 Å². The van der Waals surface area contributed by atoms with Gasteiger partial charge < -0.3 is 4.74 Å². The molecule has 0 saturated heterocycles. The second-order valence-corrected chi connectivity index (χ2v) is 2.79. The third-order valence-corrected chi connectivity index (χ3v) is 1.37. The first-order valence-corrected chi connectivity index (χ1v) is 3.80. The van der Waals surface area contributed by atoms with E-state index in [2.05, 4.69) is 5.10 Å². The van der Waals surface area contributed by atoms with Gasteiger partial charge in [-0.3, -0.25) is 4.68 Å². The molecule has 0 unspecified atom stereocenters. The highest BCUT2D eigenvalue weighted by Crippen LogP contribution is 2.01. The van der Waals surface area contributed by atoms with Crippen LogP contribution in [0.15, 0.2) is 12.3 Å². The van der Waals surface area contributed by atoms with E-state index in [1.54, 1.807) is 19.3 Å². The van der Waals surface area contributed by atoms with Crippen LogP contribution in [0.25, 0.3) is 0 Å². The van der Waals surface area contributed by atoms with Crippen LogP contribution in [0.1, 0.15) is 24.3 Å². The summed E-state index contributed by atoms with van der Waals surface area (Å²) in [6.07, 6.45) is 1.48. The molecule has 1 aromatic rings. The molecule has 66 valence electrons. The van der Waals surface area contributed by atoms with Crippen LogP contribution in [0.2, 0.25) is 0 Å². The lowest BCUT2D eigenvalue weighted by atomic mass is 10.4. The highest BCUT2D eigenvalue weighted by molar-refractivity contribution is 5.87. The Balaban J connectivity index is 2.72. The molecule has 4 nitrogen and oxygen atoms in total. The molecule has 1 rings (SSSR count). The van der Waals surface area contributed by atoms with Gasteiger partial charge in [0.15, 0.2) is 0 Å². The molecule has 12 heavy (non-hydrogen) atoms. The van der Waals surface area contributed by atoms with Crippen LogP contribution in [-0.2, 0) is 11.8 Å². The molecule has 0 aromatic carbocycles. The number of carbonyl (C=O) groups is 1. The molecule has 0 radical (unpaired) electrons. The van der Waals surface area contributed by atoms with Gasteiger partial charge in [0.05, 0.1) is 6.10 Å². The van der Waals surface area contributed by atoms with Crippen LogP contribution in [0.4, 0.5) is 0 Å². The van der Waals surface area contributed by atoms with E-state index in [0.29, 0.717) is 5.69 Å². The standard InChI is InChI=1S/C8H12N2O2/c1-6(2)12-8(11)7-4-5-9-10(7)3/h4-6H,1-3H3. The second kappa shape index (κ2) is 3.38. The van der Waals surface area contributed by atoms with Gasteiger partial charge in [-0.25, -0.2) is 4.79 Å². The summed E-state index contributed by atoms with van der Waals surface area (Å²) in [6, 6.07) is 1.63. The van der Waals surface area contributed by atoms with Crippen molar-refractivity contribution in [3.63, 3.8) is 0 Å². The van der Waals surface area contributed by atoms with Crippen molar-refractivity contribution in [2.75, 3.05) is 0 Å². The molecule has 0 aliphatic rings. The predicted octanol–water partition coefficient (Wildman–Crippen LogP) is 0.985. The number of hydrogen-bond acceptors (Lipinski definition) is 3. The molecule has 0 atom stereocenters. The smallest absolute Gasteiger partial charge is 0.356 e. The Kier molecular flexibility index (Phi) is 2.47. The molecular formula is C8H12N2O2. The van der Waals surface area contributed by atoms with E-state index < -0.39 is 0 Å². The highest BCUT2D eigenvalue weighted by atomic mass is 16.5. The van der Waals surface area contributed by atoms with Crippen LogP contribution < -0.4 is 0 Å². The minimum Gasteiger partial charge on any atom is -0.458 e. The third kappa shape index (κ3) is 1.84. The lowest BCUT2D eigenvalue weighted by Gasteiger charge is -2.06. The molecule has 0 saturated carbocycles. The van der Waals surface area contributed by atoms with Crippen molar-refractivity contribution in [1.82, 2.24) is 9.78 Å². The fourth-order valence-corrected chi connectivity index (χ4v) is 0.849. The van der Waals surface area contributed by atoms with Crippen molar-refractivity contribution < 1.29 is 9.53 Å². The monoisotopic (exact) mass is 168 g/mol. The molecule has 0 spiro atoms. The number of ether oxygens (including phenoxy) is 1. The summed E-state index contributed by atoms with van der Waals surface area (Å²) in [7, 11) is 1.71. The largest absolute Gasteiger partial charge is 0.458 e. The summed E-state index contributed by atoms with van der Waals surface area (Å²) in [5.74, 6) is -0.329. The number of hydrogen-bond donors (Lipinski definition) is 0. The lowest BCUT2D eigenvalue weighted by molar-refractivity contribution is 0.0365. The first-order chi connectivity index (χ1) is 5.61. The molecule has 0 fully saturated rings. The Morgan fingerprint density at radius 3 is 2.75 bits per heavy atom. The first-order valence-electron chi connectivity index (χ1n) is 3.80. The molecule has 1 aromatic heterocycles. The first kappa shape index (κ1) is 8.77. The van der Waals surface area contributed by atoms with Gasteiger partial charge in [-0.2, -0.15) is 5.10 Å². The van der Waals surface area contributed by atoms with Crippen molar-refractivity contribution in [2.45, 2.75) is 20.0 Å². The zero-order valence-corrected chi connectivity index (χ0v) is 7.44. The van der Waals surface area contributed by atoms with Gasteiger partial charge in [0.1, 0.15) is 5.69 Å². The van der Waals surface area contributed by atoms with Gasteiger partial charge in [0, 0.05) is 13.2 Å². The molecule has 4 heteroatoms. The summed E-state index contributed by atoms with van der Waals surface area (Å²) in [4.78, 5) is 11.3. The van der Waals surface area contributed by atoms with E-state index in [-0.39, 0.29) is 12.1 Å². The predicted molar refractivity (Wildman–Crippen MR) is 43.8 cm³/mol. The molecule has 0 aliphatic heterocycles. The van der Waals surface area contributed by atoms with Gasteiger partial charge in [0.2, 0.25) is 0 Å². The van der Waals surface area contributed by atoms with Crippen molar-refractivity contribution >= 4 is 5.97 Å². The van der Waals surface area contributed by atoms with E-state index >= 15 is 0 Å². The Hall–Kier alpha value is -1.32. The fraction of sp³-hybridized carbons (Fsp3) is 0.500. The second-order valence-electron chi connectivity index (χ2n) is 2.79. The van der Waals surface area contributed by atoms with E-state index in [9.17, 15) is 4.79 Å². The summed E-state index contributed by atoms with van der Waals surface area (Å²) >= 11 is 0. The number of aryl methyl sites for hydroxylation is 1. The maximum atomic E-state index is 11.3. The topological polar surface area (TPSA) is 44.1 Å². The minimum atomic E-state index is -0.329. The van der Waals surface area contributed by atoms with Crippen molar-refractivity contribution in [2.24, 2.45) is 7.05 Å². The number of rotatable bonds is 2. The Morgan fingerprint density at radius 1 is 1.67 bits per heavy atom. The zero-order chi connectivity index (χ0) is 9.14. The molecular weight excluding hydrogens is 156 g/mol. The van der Waals surface area contributed by atoms with Gasteiger partial charge in [0.25, 0.3) is 0 Å². The summed E-state index contributed by atoms with van der Waals surface area (Å²) < 4.78 is 6.47. The number of esters is 1. The molecule has 0 bridgehead atoms. The van der Waals surface area contributed by atoms with Gasteiger partial charge in [-0.05, 0) is 19.9 Å². The highest BCUT2D eigenvalue weighted by Gasteiger charge is 2.11. The summed E-state index contributed by atoms with van der Waals surface area (Å²) in [6.45, 7) is 3.63. The Bertz CT molecular complexity index is 278. The third-order valence-electron chi connectivity index (χ3n) is 1.37. The fourth-order valence-electron chi connectivity index (χ4n) is 0.849. The number of carbonyl (C=O) groups excluding carboxylic acids is 1. The van der Waals surface area contributed by atoms with E-state index in [0.717, 1.165) is 0 Å². The SMILES string of the molecule is CC(C)OC(=O)c1ccnn1C. The zero-order valence-electron chi connectivity index (χ0n) is 7.44. The van der Waals surface area contributed by atoms with Crippen LogP contribution in [0.3, 0.4) is 0 Å². The Labute approximate surface area is 71.1 Å². The van der Waals surface area contributed by atoms with Crippen LogP contribution in [0, 0.1) is 0 Å². The van der Waals surface area contributed by atoms with Crippen LogP contribution in [0.5, 0.6) is 0 Å². The molecule has 0 amide bonds. The summed E-state index contributed by atoms with van der Waals surface area (Å²) in [5.41, 5.74) is 0.476. The minimum absolute atomic E-state index is 0.0904. The van der Waals surface area contributed by atoms with Gasteiger partial charge in [-0.1, -0.05) is 0 Å². The normalized spacial score (nSPS) is 10.3. The van der Waals surface area contributed by atoms with E-state index in [1.807, 2.05) is 13.8 Å². The van der Waals surface area contributed by atoms with Crippen molar-refractivity contribution in [3.8, 4) is 0 Å². The van der Waals surface area contributed by atoms with Crippen LogP contribution >= 0.6 is 0 Å². The summed E-state index contributed by atoms with van der Waals surface area (Å²) in [5, 5.41) is 3.86. The van der Waals surface area contributed by atoms with Crippen molar-refractivity contribution in [3.05, 3.63) is 18.0 Å². The molecule has 0 aliphatic carbocycles. The molecule has 0 N–H and O–H groups in total. The average Bonchev–Trinajstić information content (AvgIpc) is 2.33.